The number of carbonyl (C=O) groups excluding carboxylic acids is 1. The molecule has 0 unspecified atom stereocenters. The van der Waals surface area contributed by atoms with Crippen LogP contribution in [0.5, 0.6) is 0 Å². The fourth-order valence-corrected chi connectivity index (χ4v) is 3.72. The van der Waals surface area contributed by atoms with Crippen molar-refractivity contribution in [3.8, 4) is 11.4 Å². The zero-order valence-electron chi connectivity index (χ0n) is 17.1. The van der Waals surface area contributed by atoms with Crippen molar-refractivity contribution in [2.75, 3.05) is 11.9 Å². The van der Waals surface area contributed by atoms with Crippen molar-refractivity contribution in [1.29, 1.82) is 0 Å². The molecule has 1 saturated heterocycles. The number of aryl methyl sites for hydroxylation is 3. The maximum Gasteiger partial charge on any atom is 0.322 e. The molecular formula is C23H26N4O2. The Morgan fingerprint density at radius 2 is 1.97 bits per heavy atom. The van der Waals surface area contributed by atoms with Crippen LogP contribution in [0.25, 0.3) is 11.4 Å². The standard InChI is InChI=1S/C23H26N4O2/c1-15-7-6-8-18(13-15)21-25-22(29-26-21)20-9-4-5-12-27(20)23(28)24-19-11-10-16(2)17(3)14-19/h6-8,10-11,13-14,20H,4-5,9,12H2,1-3H3,(H,24,28)/t20-/m0/s1. The number of nitrogens with one attached hydrogen (secondary N) is 1. The minimum absolute atomic E-state index is 0.131. The van der Waals surface area contributed by atoms with E-state index >= 15 is 0 Å². The fourth-order valence-electron chi connectivity index (χ4n) is 3.72. The van der Waals surface area contributed by atoms with Gasteiger partial charge in [0, 0.05) is 17.8 Å². The number of benzene rings is 2. The Bertz CT molecular complexity index is 1030. The average Bonchev–Trinajstić information content (AvgIpc) is 3.21. The SMILES string of the molecule is Cc1cccc(-c2noc([C@@H]3CCCCN3C(=O)Nc3ccc(C)c(C)c3)n2)c1. The van der Waals surface area contributed by atoms with Crippen molar-refractivity contribution in [3.05, 3.63) is 65.0 Å². The first-order valence-electron chi connectivity index (χ1n) is 10.1. The van der Waals surface area contributed by atoms with Crippen molar-refractivity contribution in [2.24, 2.45) is 0 Å². The van der Waals surface area contributed by atoms with Gasteiger partial charge in [0.1, 0.15) is 6.04 Å². The third-order valence-electron chi connectivity index (χ3n) is 5.52. The zero-order valence-corrected chi connectivity index (χ0v) is 17.1. The van der Waals surface area contributed by atoms with Crippen molar-refractivity contribution >= 4 is 11.7 Å². The van der Waals surface area contributed by atoms with Crippen LogP contribution in [-0.2, 0) is 0 Å². The Hall–Kier alpha value is -3.15. The Morgan fingerprint density at radius 3 is 2.76 bits per heavy atom. The molecule has 0 aliphatic carbocycles. The van der Waals surface area contributed by atoms with Crippen molar-refractivity contribution < 1.29 is 9.32 Å². The maximum atomic E-state index is 13.0. The van der Waals surface area contributed by atoms with Gasteiger partial charge in [-0.25, -0.2) is 4.79 Å². The number of anilines is 1. The second kappa shape index (κ2) is 8.07. The lowest BCUT2D eigenvalue weighted by atomic mass is 10.0. The summed E-state index contributed by atoms with van der Waals surface area (Å²) in [4.78, 5) is 19.4. The predicted molar refractivity (Wildman–Crippen MR) is 113 cm³/mol. The molecule has 1 aromatic heterocycles. The van der Waals surface area contributed by atoms with Gasteiger partial charge >= 0.3 is 6.03 Å². The number of urea groups is 1. The normalized spacial score (nSPS) is 16.7. The number of carbonyl (C=O) groups is 1. The molecule has 2 heterocycles. The van der Waals surface area contributed by atoms with Gasteiger partial charge in [-0.3, -0.25) is 0 Å². The van der Waals surface area contributed by atoms with Crippen LogP contribution in [0, 0.1) is 20.8 Å². The Morgan fingerprint density at radius 1 is 1.10 bits per heavy atom. The Kier molecular flexibility index (Phi) is 5.34. The summed E-state index contributed by atoms with van der Waals surface area (Å²) in [5.41, 5.74) is 5.21. The van der Waals surface area contributed by atoms with E-state index < -0.39 is 0 Å². The third-order valence-corrected chi connectivity index (χ3v) is 5.52. The molecule has 4 rings (SSSR count). The van der Waals surface area contributed by atoms with E-state index in [9.17, 15) is 4.79 Å². The molecule has 0 bridgehead atoms. The molecule has 0 radical (unpaired) electrons. The molecular weight excluding hydrogens is 364 g/mol. The summed E-state index contributed by atoms with van der Waals surface area (Å²) in [6.07, 6.45) is 2.81. The van der Waals surface area contributed by atoms with Crippen LogP contribution in [0.15, 0.2) is 47.0 Å². The molecule has 3 aromatic rings. The molecule has 1 aliphatic heterocycles. The number of piperidine rings is 1. The first-order valence-corrected chi connectivity index (χ1v) is 10.1. The Labute approximate surface area is 170 Å². The van der Waals surface area contributed by atoms with E-state index in [0.29, 0.717) is 18.3 Å². The highest BCUT2D eigenvalue weighted by atomic mass is 16.5. The second-order valence-electron chi connectivity index (χ2n) is 7.76. The van der Waals surface area contributed by atoms with E-state index in [2.05, 4.69) is 22.4 Å². The number of nitrogens with zero attached hydrogens (tertiary/aromatic N) is 3. The highest BCUT2D eigenvalue weighted by Crippen LogP contribution is 2.32. The number of rotatable bonds is 3. The smallest absolute Gasteiger partial charge is 0.322 e. The summed E-state index contributed by atoms with van der Waals surface area (Å²) >= 11 is 0. The van der Waals surface area contributed by atoms with E-state index in [1.54, 1.807) is 0 Å². The van der Waals surface area contributed by atoms with Gasteiger partial charge in [0.05, 0.1) is 0 Å². The lowest BCUT2D eigenvalue weighted by Gasteiger charge is -2.33. The molecule has 6 nitrogen and oxygen atoms in total. The summed E-state index contributed by atoms with van der Waals surface area (Å²) < 4.78 is 5.58. The van der Waals surface area contributed by atoms with E-state index in [4.69, 9.17) is 4.52 Å². The fraction of sp³-hybridized carbons (Fsp3) is 0.348. The molecule has 2 amide bonds. The van der Waals surface area contributed by atoms with Gasteiger partial charge in [0.15, 0.2) is 0 Å². The van der Waals surface area contributed by atoms with Crippen LogP contribution in [0.1, 0.15) is 47.9 Å². The van der Waals surface area contributed by atoms with Crippen LogP contribution < -0.4 is 5.32 Å². The molecule has 2 aromatic carbocycles. The second-order valence-corrected chi connectivity index (χ2v) is 7.76. The quantitative estimate of drug-likeness (QED) is 0.648. The molecule has 6 heteroatoms. The van der Waals surface area contributed by atoms with Crippen molar-refractivity contribution in [1.82, 2.24) is 15.0 Å². The summed E-state index contributed by atoms with van der Waals surface area (Å²) in [5, 5.41) is 7.18. The van der Waals surface area contributed by atoms with E-state index in [1.165, 1.54) is 5.56 Å². The molecule has 0 saturated carbocycles. The highest BCUT2D eigenvalue weighted by molar-refractivity contribution is 5.89. The summed E-state index contributed by atoms with van der Waals surface area (Å²) in [5.74, 6) is 1.06. The average molecular weight is 390 g/mol. The van der Waals surface area contributed by atoms with Gasteiger partial charge in [-0.1, -0.05) is 35.0 Å². The highest BCUT2D eigenvalue weighted by Gasteiger charge is 2.32. The molecule has 150 valence electrons. The minimum Gasteiger partial charge on any atom is -0.337 e. The first-order chi connectivity index (χ1) is 14.0. The molecule has 0 spiro atoms. The monoisotopic (exact) mass is 390 g/mol. The molecule has 1 N–H and O–H groups in total. The van der Waals surface area contributed by atoms with Gasteiger partial charge in [0.2, 0.25) is 11.7 Å². The third kappa shape index (κ3) is 4.16. The molecule has 29 heavy (non-hydrogen) atoms. The maximum absolute atomic E-state index is 13.0. The molecule has 1 atom stereocenters. The van der Waals surface area contributed by atoms with E-state index in [0.717, 1.165) is 41.6 Å². The number of likely N-dealkylation sites (tertiary alicyclic amines) is 1. The summed E-state index contributed by atoms with van der Waals surface area (Å²) in [7, 11) is 0. The van der Waals surface area contributed by atoms with Gasteiger partial charge in [0.25, 0.3) is 0 Å². The first kappa shape index (κ1) is 19.2. The number of aromatic nitrogens is 2. The van der Waals surface area contributed by atoms with Gasteiger partial charge in [-0.15, -0.1) is 0 Å². The van der Waals surface area contributed by atoms with Crippen molar-refractivity contribution in [3.63, 3.8) is 0 Å². The van der Waals surface area contributed by atoms with Crippen LogP contribution in [0.3, 0.4) is 0 Å². The van der Waals surface area contributed by atoms with E-state index in [-0.39, 0.29) is 12.1 Å². The van der Waals surface area contributed by atoms with Crippen LogP contribution in [0.2, 0.25) is 0 Å². The minimum atomic E-state index is -0.207. The topological polar surface area (TPSA) is 71.3 Å². The lowest BCUT2D eigenvalue weighted by Crippen LogP contribution is -2.41. The summed E-state index contributed by atoms with van der Waals surface area (Å²) in [6.45, 7) is 6.80. The number of hydrogen-bond donors (Lipinski definition) is 1. The number of hydrogen-bond acceptors (Lipinski definition) is 4. The van der Waals surface area contributed by atoms with E-state index in [1.807, 2.05) is 61.2 Å². The number of amides is 2. The van der Waals surface area contributed by atoms with Crippen LogP contribution in [-0.4, -0.2) is 27.6 Å². The predicted octanol–water partition coefficient (Wildman–Crippen LogP) is 5.42. The van der Waals surface area contributed by atoms with Gasteiger partial charge < -0.3 is 14.7 Å². The van der Waals surface area contributed by atoms with Crippen molar-refractivity contribution in [2.45, 2.75) is 46.1 Å². The largest absolute Gasteiger partial charge is 0.337 e. The molecule has 1 aliphatic rings. The van der Waals surface area contributed by atoms with Gasteiger partial charge in [-0.05, 0) is 69.4 Å². The zero-order chi connectivity index (χ0) is 20.4. The lowest BCUT2D eigenvalue weighted by molar-refractivity contribution is 0.142. The van der Waals surface area contributed by atoms with Gasteiger partial charge in [-0.2, -0.15) is 4.98 Å². The van der Waals surface area contributed by atoms with Crippen LogP contribution >= 0.6 is 0 Å². The van der Waals surface area contributed by atoms with Crippen LogP contribution in [0.4, 0.5) is 10.5 Å². The molecule has 1 fully saturated rings. The summed E-state index contributed by atoms with van der Waals surface area (Å²) in [6, 6.07) is 13.6. The Balaban J connectivity index is 1.54.